The molecule has 3 rings (SSSR count). The van der Waals surface area contributed by atoms with Gasteiger partial charge >= 0.3 is 11.9 Å². The lowest BCUT2D eigenvalue weighted by molar-refractivity contribution is -0.146. The highest BCUT2D eigenvalue weighted by atomic mass is 32.1. The number of carboxylic acids is 1. The fourth-order valence-electron chi connectivity index (χ4n) is 3.28. The van der Waals surface area contributed by atoms with Gasteiger partial charge in [-0.1, -0.05) is 24.3 Å². The van der Waals surface area contributed by atoms with Crippen molar-refractivity contribution in [1.29, 1.82) is 0 Å². The molecule has 152 valence electrons. The van der Waals surface area contributed by atoms with Crippen molar-refractivity contribution >= 4 is 34.2 Å². The molecule has 1 amide bonds. The second kappa shape index (κ2) is 9.00. The van der Waals surface area contributed by atoms with E-state index >= 15 is 0 Å². The zero-order chi connectivity index (χ0) is 21.0. The normalized spacial score (nSPS) is 18.3. The third-order valence-corrected chi connectivity index (χ3v) is 5.64. The molecule has 0 fully saturated rings. The molecule has 0 saturated carbocycles. The Bertz CT molecular complexity index is 950. The molecule has 1 aromatic heterocycles. The number of carbonyl (C=O) groups is 3. The minimum atomic E-state index is -1.03. The Morgan fingerprint density at radius 1 is 1.17 bits per heavy atom. The number of ether oxygens (including phenoxy) is 1. The van der Waals surface area contributed by atoms with Crippen molar-refractivity contribution in [2.75, 3.05) is 11.9 Å². The smallest absolute Gasteiger partial charge is 0.341 e. The number of rotatable bonds is 6. The van der Waals surface area contributed by atoms with E-state index in [9.17, 15) is 23.9 Å². The van der Waals surface area contributed by atoms with Gasteiger partial charge in [-0.2, -0.15) is 0 Å². The van der Waals surface area contributed by atoms with Gasteiger partial charge in [0.2, 0.25) is 5.91 Å². The van der Waals surface area contributed by atoms with Gasteiger partial charge in [0.05, 0.1) is 18.4 Å². The van der Waals surface area contributed by atoms with Crippen molar-refractivity contribution in [3.8, 4) is 11.1 Å². The van der Waals surface area contributed by atoms with Crippen LogP contribution in [0.5, 0.6) is 0 Å². The van der Waals surface area contributed by atoms with E-state index < -0.39 is 35.5 Å². The first-order chi connectivity index (χ1) is 13.9. The van der Waals surface area contributed by atoms with E-state index in [0.29, 0.717) is 17.5 Å². The van der Waals surface area contributed by atoms with E-state index in [1.54, 1.807) is 24.5 Å². The van der Waals surface area contributed by atoms with E-state index in [4.69, 9.17) is 4.74 Å². The first-order valence-corrected chi connectivity index (χ1v) is 10.0. The van der Waals surface area contributed by atoms with Crippen molar-refractivity contribution in [2.24, 2.45) is 11.8 Å². The quantitative estimate of drug-likeness (QED) is 0.539. The highest BCUT2D eigenvalue weighted by Crippen LogP contribution is 2.37. The molecule has 8 heteroatoms. The number of amides is 1. The van der Waals surface area contributed by atoms with Crippen LogP contribution in [0, 0.1) is 17.7 Å². The van der Waals surface area contributed by atoms with Gasteiger partial charge in [-0.3, -0.25) is 9.59 Å². The molecule has 0 aliphatic heterocycles. The van der Waals surface area contributed by atoms with Gasteiger partial charge in [-0.15, -0.1) is 11.3 Å². The molecule has 0 bridgehead atoms. The third-order valence-electron chi connectivity index (χ3n) is 4.75. The van der Waals surface area contributed by atoms with Crippen molar-refractivity contribution in [3.05, 3.63) is 53.2 Å². The van der Waals surface area contributed by atoms with Crippen LogP contribution in [0.15, 0.2) is 41.8 Å². The molecule has 2 atom stereocenters. The lowest BCUT2D eigenvalue weighted by Gasteiger charge is -2.24. The number of anilines is 1. The summed E-state index contributed by atoms with van der Waals surface area (Å²) >= 11 is 1.14. The zero-order valence-corrected chi connectivity index (χ0v) is 16.5. The second-order valence-corrected chi connectivity index (χ2v) is 7.44. The minimum absolute atomic E-state index is 0.152. The molecule has 0 radical (unpaired) electrons. The second-order valence-electron chi connectivity index (χ2n) is 6.56. The standard InChI is InChI=1S/C21H20FNO5S/c1-2-28-21(27)17-16(12-7-9-13(22)10-8-12)11-29-19(17)23-18(24)14-5-3-4-6-15(14)20(25)26/h3-4,7-11,14-15H,2,5-6H2,1H3,(H,23,24)(H,25,26)/t14-,15+/m0/s1. The number of benzene rings is 1. The fraction of sp³-hybridized carbons (Fsp3) is 0.286. The molecule has 2 aromatic rings. The summed E-state index contributed by atoms with van der Waals surface area (Å²) in [6.45, 7) is 1.82. The minimum Gasteiger partial charge on any atom is -0.481 e. The van der Waals surface area contributed by atoms with E-state index in [1.165, 1.54) is 24.3 Å². The van der Waals surface area contributed by atoms with Crippen molar-refractivity contribution in [3.63, 3.8) is 0 Å². The summed E-state index contributed by atoms with van der Waals surface area (Å²) in [7, 11) is 0. The Morgan fingerprint density at radius 2 is 1.83 bits per heavy atom. The van der Waals surface area contributed by atoms with Crippen LogP contribution in [0.3, 0.4) is 0 Å². The van der Waals surface area contributed by atoms with Gasteiger partial charge in [0.1, 0.15) is 16.4 Å². The molecule has 29 heavy (non-hydrogen) atoms. The molecule has 1 aliphatic rings. The maximum atomic E-state index is 13.3. The van der Waals surface area contributed by atoms with Crippen LogP contribution in [0.1, 0.15) is 30.1 Å². The Labute approximate surface area is 171 Å². The zero-order valence-electron chi connectivity index (χ0n) is 15.7. The van der Waals surface area contributed by atoms with Gasteiger partial charge in [0, 0.05) is 10.9 Å². The highest BCUT2D eigenvalue weighted by Gasteiger charge is 2.35. The summed E-state index contributed by atoms with van der Waals surface area (Å²) in [6, 6.07) is 5.65. The largest absolute Gasteiger partial charge is 0.481 e. The molecule has 0 unspecified atom stereocenters. The Morgan fingerprint density at radius 3 is 2.45 bits per heavy atom. The summed E-state index contributed by atoms with van der Waals surface area (Å²) in [6.07, 6.45) is 4.13. The lowest BCUT2D eigenvalue weighted by Crippen LogP contribution is -2.34. The average Bonchev–Trinajstić information content (AvgIpc) is 3.12. The molecule has 2 N–H and O–H groups in total. The predicted molar refractivity (Wildman–Crippen MR) is 107 cm³/mol. The average molecular weight is 417 g/mol. The number of halogens is 1. The number of carboxylic acid groups (broad SMARTS) is 1. The molecule has 1 heterocycles. The molecule has 0 spiro atoms. The number of hydrogen-bond acceptors (Lipinski definition) is 5. The van der Waals surface area contributed by atoms with E-state index in [2.05, 4.69) is 5.32 Å². The molecular formula is C21H20FNO5S. The molecule has 6 nitrogen and oxygen atoms in total. The molecule has 1 aliphatic carbocycles. The van der Waals surface area contributed by atoms with Gasteiger partial charge in [-0.05, 0) is 37.5 Å². The van der Waals surface area contributed by atoms with Crippen LogP contribution in [-0.2, 0) is 14.3 Å². The summed E-state index contributed by atoms with van der Waals surface area (Å²) < 4.78 is 18.4. The van der Waals surface area contributed by atoms with E-state index in [-0.39, 0.29) is 23.6 Å². The first kappa shape index (κ1) is 20.7. The summed E-state index contributed by atoms with van der Waals surface area (Å²) in [5, 5.41) is 14.1. The van der Waals surface area contributed by atoms with Crippen LogP contribution in [0.2, 0.25) is 0 Å². The first-order valence-electron chi connectivity index (χ1n) is 9.15. The van der Waals surface area contributed by atoms with Crippen molar-refractivity contribution in [2.45, 2.75) is 19.8 Å². The highest BCUT2D eigenvalue weighted by molar-refractivity contribution is 7.15. The lowest BCUT2D eigenvalue weighted by atomic mass is 9.82. The van der Waals surface area contributed by atoms with Crippen molar-refractivity contribution < 1.29 is 28.6 Å². The Hall–Kier alpha value is -3.00. The summed E-state index contributed by atoms with van der Waals surface area (Å²) in [5.41, 5.74) is 1.30. The third kappa shape index (κ3) is 4.54. The van der Waals surface area contributed by atoms with Crippen LogP contribution < -0.4 is 5.32 Å². The summed E-state index contributed by atoms with van der Waals surface area (Å²) in [4.78, 5) is 36.9. The number of hydrogen-bond donors (Lipinski definition) is 2. The number of esters is 1. The van der Waals surface area contributed by atoms with Crippen LogP contribution in [-0.4, -0.2) is 29.6 Å². The SMILES string of the molecule is CCOC(=O)c1c(-c2ccc(F)cc2)csc1NC(=O)[C@H]1CC=CC[C@H]1C(=O)O. The van der Waals surface area contributed by atoms with E-state index in [1.807, 2.05) is 0 Å². The van der Waals surface area contributed by atoms with Gasteiger partial charge in [0.25, 0.3) is 0 Å². The number of allylic oxidation sites excluding steroid dienone is 2. The Kier molecular flexibility index (Phi) is 6.43. The fourth-order valence-corrected chi connectivity index (χ4v) is 4.24. The molecule has 0 saturated heterocycles. The topological polar surface area (TPSA) is 92.7 Å². The number of aliphatic carboxylic acids is 1. The maximum Gasteiger partial charge on any atom is 0.341 e. The van der Waals surface area contributed by atoms with Crippen LogP contribution in [0.25, 0.3) is 11.1 Å². The van der Waals surface area contributed by atoms with Gasteiger partial charge < -0.3 is 15.2 Å². The number of nitrogens with one attached hydrogen (secondary N) is 1. The number of carbonyl (C=O) groups excluding carboxylic acids is 2. The van der Waals surface area contributed by atoms with E-state index in [0.717, 1.165) is 11.3 Å². The monoisotopic (exact) mass is 417 g/mol. The number of thiophene rings is 1. The maximum absolute atomic E-state index is 13.3. The van der Waals surface area contributed by atoms with Crippen LogP contribution >= 0.6 is 11.3 Å². The molecule has 1 aromatic carbocycles. The predicted octanol–water partition coefficient (Wildman–Crippen LogP) is 4.34. The summed E-state index contributed by atoms with van der Waals surface area (Å²) in [5.74, 6) is -4.05. The van der Waals surface area contributed by atoms with Crippen molar-refractivity contribution in [1.82, 2.24) is 0 Å². The van der Waals surface area contributed by atoms with Gasteiger partial charge in [0.15, 0.2) is 0 Å². The van der Waals surface area contributed by atoms with Gasteiger partial charge in [-0.25, -0.2) is 9.18 Å². The molecular weight excluding hydrogens is 397 g/mol. The Balaban J connectivity index is 1.93. The van der Waals surface area contributed by atoms with Crippen LogP contribution in [0.4, 0.5) is 9.39 Å².